The predicted octanol–water partition coefficient (Wildman–Crippen LogP) is 1.77. The Morgan fingerprint density at radius 2 is 1.95 bits per heavy atom. The number of carbonyl (C=O) groups excluding carboxylic acids is 1. The van der Waals surface area contributed by atoms with Gasteiger partial charge in [0.05, 0.1) is 0 Å². The standard InChI is InChI=1S/C14H23N5O/c1-8-11(16-4)17-13(9-5-6-9)18-12(8)19-14(2,3)7-10(15)20/h9H,5-7H2,1-4H3,(H2,15,20)(H2,16,17,18,19). The molecule has 1 saturated carbocycles. The van der Waals surface area contributed by atoms with Crippen LogP contribution in [0.25, 0.3) is 0 Å². The fourth-order valence-electron chi connectivity index (χ4n) is 2.22. The number of rotatable bonds is 6. The Labute approximate surface area is 119 Å². The Bertz CT molecular complexity index is 523. The lowest BCUT2D eigenvalue weighted by Gasteiger charge is -2.27. The first-order valence-electron chi connectivity index (χ1n) is 6.95. The number of aromatic nitrogens is 2. The molecule has 110 valence electrons. The number of amides is 1. The molecule has 1 fully saturated rings. The van der Waals surface area contributed by atoms with Gasteiger partial charge in [0.25, 0.3) is 0 Å². The van der Waals surface area contributed by atoms with Crippen LogP contribution in [0.15, 0.2) is 0 Å². The van der Waals surface area contributed by atoms with E-state index < -0.39 is 5.54 Å². The van der Waals surface area contributed by atoms with E-state index in [0.29, 0.717) is 5.92 Å². The first kappa shape index (κ1) is 14.6. The van der Waals surface area contributed by atoms with E-state index in [9.17, 15) is 4.79 Å². The Hall–Kier alpha value is -1.85. The molecular formula is C14H23N5O. The fourth-order valence-corrected chi connectivity index (χ4v) is 2.22. The molecule has 1 aromatic rings. The van der Waals surface area contributed by atoms with Gasteiger partial charge < -0.3 is 16.4 Å². The zero-order valence-corrected chi connectivity index (χ0v) is 12.6. The first-order chi connectivity index (χ1) is 9.32. The summed E-state index contributed by atoms with van der Waals surface area (Å²) in [6.07, 6.45) is 2.55. The van der Waals surface area contributed by atoms with Gasteiger partial charge in [-0.25, -0.2) is 9.97 Å². The number of hydrogen-bond acceptors (Lipinski definition) is 5. The van der Waals surface area contributed by atoms with Crippen LogP contribution in [0.2, 0.25) is 0 Å². The van der Waals surface area contributed by atoms with Crippen molar-refractivity contribution in [1.29, 1.82) is 0 Å². The fraction of sp³-hybridized carbons (Fsp3) is 0.643. The highest BCUT2D eigenvalue weighted by Crippen LogP contribution is 2.39. The Balaban J connectivity index is 2.29. The summed E-state index contributed by atoms with van der Waals surface area (Å²) < 4.78 is 0. The van der Waals surface area contributed by atoms with Crippen molar-refractivity contribution < 1.29 is 4.79 Å². The van der Waals surface area contributed by atoms with Crippen molar-refractivity contribution in [3.05, 3.63) is 11.4 Å². The van der Waals surface area contributed by atoms with E-state index in [2.05, 4.69) is 20.6 Å². The molecule has 0 unspecified atom stereocenters. The predicted molar refractivity (Wildman–Crippen MR) is 79.8 cm³/mol. The quantitative estimate of drug-likeness (QED) is 0.737. The van der Waals surface area contributed by atoms with Crippen LogP contribution in [0, 0.1) is 6.92 Å². The van der Waals surface area contributed by atoms with Gasteiger partial charge in [-0.3, -0.25) is 4.79 Å². The van der Waals surface area contributed by atoms with Crippen LogP contribution in [0.4, 0.5) is 11.6 Å². The van der Waals surface area contributed by atoms with Crippen LogP contribution >= 0.6 is 0 Å². The summed E-state index contributed by atoms with van der Waals surface area (Å²) in [6.45, 7) is 5.84. The van der Waals surface area contributed by atoms with E-state index in [0.717, 1.165) is 35.9 Å². The van der Waals surface area contributed by atoms with Gasteiger partial charge in [-0.1, -0.05) is 0 Å². The molecule has 0 aromatic carbocycles. The number of anilines is 2. The lowest BCUT2D eigenvalue weighted by atomic mass is 10.00. The molecule has 1 aliphatic rings. The monoisotopic (exact) mass is 277 g/mol. The van der Waals surface area contributed by atoms with Crippen molar-refractivity contribution in [1.82, 2.24) is 9.97 Å². The maximum absolute atomic E-state index is 11.1. The van der Waals surface area contributed by atoms with E-state index in [-0.39, 0.29) is 12.3 Å². The van der Waals surface area contributed by atoms with E-state index in [4.69, 9.17) is 5.73 Å². The molecule has 1 heterocycles. The topological polar surface area (TPSA) is 92.9 Å². The van der Waals surface area contributed by atoms with E-state index in [1.165, 1.54) is 0 Å². The molecule has 1 amide bonds. The largest absolute Gasteiger partial charge is 0.373 e. The molecule has 20 heavy (non-hydrogen) atoms. The maximum Gasteiger partial charge on any atom is 0.219 e. The summed E-state index contributed by atoms with van der Waals surface area (Å²) in [5.41, 5.74) is 5.81. The average Bonchev–Trinajstić information content (AvgIpc) is 3.13. The SMILES string of the molecule is CNc1nc(C2CC2)nc(NC(C)(C)CC(N)=O)c1C. The highest BCUT2D eigenvalue weighted by atomic mass is 16.1. The molecule has 1 aliphatic carbocycles. The molecular weight excluding hydrogens is 254 g/mol. The van der Waals surface area contributed by atoms with Crippen LogP contribution in [-0.2, 0) is 4.79 Å². The van der Waals surface area contributed by atoms with E-state index in [1.54, 1.807) is 0 Å². The van der Waals surface area contributed by atoms with Crippen molar-refractivity contribution in [3.63, 3.8) is 0 Å². The minimum absolute atomic E-state index is 0.254. The van der Waals surface area contributed by atoms with Crippen molar-refractivity contribution in [2.45, 2.75) is 51.5 Å². The lowest BCUT2D eigenvalue weighted by Crippen LogP contribution is -2.36. The summed E-state index contributed by atoms with van der Waals surface area (Å²) in [6, 6.07) is 0. The summed E-state index contributed by atoms with van der Waals surface area (Å²) in [7, 11) is 1.85. The minimum atomic E-state index is -0.434. The van der Waals surface area contributed by atoms with Crippen molar-refractivity contribution >= 4 is 17.5 Å². The molecule has 2 rings (SSSR count). The van der Waals surface area contributed by atoms with Gasteiger partial charge in [-0.05, 0) is 33.6 Å². The summed E-state index contributed by atoms with van der Waals surface area (Å²) in [5.74, 6) is 2.63. The second kappa shape index (κ2) is 5.26. The number of hydrogen-bond donors (Lipinski definition) is 3. The van der Waals surface area contributed by atoms with Crippen LogP contribution in [0.5, 0.6) is 0 Å². The molecule has 1 aromatic heterocycles. The first-order valence-corrected chi connectivity index (χ1v) is 6.95. The smallest absolute Gasteiger partial charge is 0.219 e. The van der Waals surface area contributed by atoms with Crippen molar-refractivity contribution in [3.8, 4) is 0 Å². The number of nitrogens with one attached hydrogen (secondary N) is 2. The summed E-state index contributed by atoms with van der Waals surface area (Å²) in [5, 5.41) is 6.43. The van der Waals surface area contributed by atoms with Crippen LogP contribution in [-0.4, -0.2) is 28.5 Å². The van der Waals surface area contributed by atoms with E-state index in [1.807, 2.05) is 27.8 Å². The maximum atomic E-state index is 11.1. The molecule has 0 saturated heterocycles. The van der Waals surface area contributed by atoms with Gasteiger partial charge in [0.1, 0.15) is 17.5 Å². The van der Waals surface area contributed by atoms with Gasteiger partial charge in [0, 0.05) is 30.5 Å². The minimum Gasteiger partial charge on any atom is -0.373 e. The molecule has 4 N–H and O–H groups in total. The zero-order valence-electron chi connectivity index (χ0n) is 12.6. The highest BCUT2D eigenvalue weighted by Gasteiger charge is 2.29. The Morgan fingerprint density at radius 3 is 2.45 bits per heavy atom. The molecule has 0 aliphatic heterocycles. The molecule has 6 heteroatoms. The van der Waals surface area contributed by atoms with Crippen LogP contribution in [0.1, 0.15) is 50.4 Å². The van der Waals surface area contributed by atoms with Crippen LogP contribution in [0.3, 0.4) is 0 Å². The van der Waals surface area contributed by atoms with Gasteiger partial charge >= 0.3 is 0 Å². The van der Waals surface area contributed by atoms with Crippen molar-refractivity contribution in [2.24, 2.45) is 5.73 Å². The molecule has 6 nitrogen and oxygen atoms in total. The van der Waals surface area contributed by atoms with E-state index >= 15 is 0 Å². The third-order valence-corrected chi connectivity index (χ3v) is 3.42. The van der Waals surface area contributed by atoms with Crippen molar-refractivity contribution in [2.75, 3.05) is 17.7 Å². The zero-order chi connectivity index (χ0) is 14.9. The third-order valence-electron chi connectivity index (χ3n) is 3.42. The molecule has 0 atom stereocenters. The highest BCUT2D eigenvalue weighted by molar-refractivity contribution is 5.75. The number of nitrogens with two attached hydrogens (primary N) is 1. The second-order valence-corrected chi connectivity index (χ2v) is 6.08. The van der Waals surface area contributed by atoms with Gasteiger partial charge in [0.2, 0.25) is 5.91 Å². The second-order valence-electron chi connectivity index (χ2n) is 6.08. The van der Waals surface area contributed by atoms with Crippen LogP contribution < -0.4 is 16.4 Å². The number of nitrogens with zero attached hydrogens (tertiary/aromatic N) is 2. The normalized spacial score (nSPS) is 15.0. The molecule has 0 spiro atoms. The number of carbonyl (C=O) groups is 1. The van der Waals surface area contributed by atoms with Gasteiger partial charge in [-0.15, -0.1) is 0 Å². The number of primary amides is 1. The third kappa shape index (κ3) is 3.37. The summed E-state index contributed by atoms with van der Waals surface area (Å²) >= 11 is 0. The summed E-state index contributed by atoms with van der Waals surface area (Å²) in [4.78, 5) is 20.3. The molecule has 0 radical (unpaired) electrons. The Kier molecular flexibility index (Phi) is 3.83. The molecule has 0 bridgehead atoms. The van der Waals surface area contributed by atoms with Gasteiger partial charge in [-0.2, -0.15) is 0 Å². The Morgan fingerprint density at radius 1 is 1.35 bits per heavy atom. The lowest BCUT2D eigenvalue weighted by molar-refractivity contribution is -0.118. The average molecular weight is 277 g/mol. The van der Waals surface area contributed by atoms with Gasteiger partial charge in [0.15, 0.2) is 0 Å².